The highest BCUT2D eigenvalue weighted by Crippen LogP contribution is 2.30. The molecule has 0 saturated carbocycles. The van der Waals surface area contributed by atoms with Crippen LogP contribution in [0.2, 0.25) is 10.0 Å². The maximum absolute atomic E-state index is 12.8. The van der Waals surface area contributed by atoms with Gasteiger partial charge in [0.05, 0.1) is 15.6 Å². The third kappa shape index (κ3) is 4.07. The van der Waals surface area contributed by atoms with E-state index in [2.05, 4.69) is 21.2 Å². The van der Waals surface area contributed by atoms with Gasteiger partial charge in [0.1, 0.15) is 4.90 Å². The quantitative estimate of drug-likeness (QED) is 0.688. The fraction of sp³-hybridized carbons (Fsp3) is 0.235. The summed E-state index contributed by atoms with van der Waals surface area (Å²) in [6, 6.07) is 9.31. The Morgan fingerprint density at radius 3 is 2.38 bits per heavy atom. The van der Waals surface area contributed by atoms with E-state index >= 15 is 0 Å². The van der Waals surface area contributed by atoms with E-state index in [1.807, 2.05) is 0 Å². The molecule has 2 aromatic carbocycles. The number of carbonyl (C=O) groups excluding carboxylic acids is 1. The molecule has 1 saturated heterocycles. The molecule has 26 heavy (non-hydrogen) atoms. The molecule has 3 rings (SSSR count). The van der Waals surface area contributed by atoms with Crippen molar-refractivity contribution in [2.75, 3.05) is 18.4 Å². The van der Waals surface area contributed by atoms with Crippen LogP contribution in [0, 0.1) is 0 Å². The van der Waals surface area contributed by atoms with E-state index in [0.29, 0.717) is 28.3 Å². The fourth-order valence-corrected chi connectivity index (χ4v) is 5.30. The Morgan fingerprint density at radius 1 is 1.04 bits per heavy atom. The molecule has 1 heterocycles. The van der Waals surface area contributed by atoms with Gasteiger partial charge in [0.15, 0.2) is 0 Å². The zero-order chi connectivity index (χ0) is 18.9. The number of hydrogen-bond donors (Lipinski definition) is 1. The van der Waals surface area contributed by atoms with Crippen LogP contribution < -0.4 is 5.32 Å². The summed E-state index contributed by atoms with van der Waals surface area (Å²) in [7, 11) is -3.69. The van der Waals surface area contributed by atoms with Crippen LogP contribution >= 0.6 is 39.1 Å². The molecule has 1 aliphatic rings. The Morgan fingerprint density at radius 2 is 1.69 bits per heavy atom. The van der Waals surface area contributed by atoms with Gasteiger partial charge < -0.3 is 5.32 Å². The van der Waals surface area contributed by atoms with E-state index < -0.39 is 15.9 Å². The topological polar surface area (TPSA) is 66.5 Å². The molecule has 0 radical (unpaired) electrons. The number of benzene rings is 2. The average molecular weight is 478 g/mol. The maximum atomic E-state index is 12.8. The van der Waals surface area contributed by atoms with E-state index in [4.69, 9.17) is 23.2 Å². The summed E-state index contributed by atoms with van der Waals surface area (Å²) in [6.45, 7) is 0.950. The van der Waals surface area contributed by atoms with Gasteiger partial charge in [-0.05, 0) is 49.2 Å². The van der Waals surface area contributed by atoms with Crippen molar-refractivity contribution in [3.8, 4) is 0 Å². The molecule has 0 unspecified atom stereocenters. The maximum Gasteiger partial charge on any atom is 0.257 e. The van der Waals surface area contributed by atoms with Crippen LogP contribution in [0.3, 0.4) is 0 Å². The van der Waals surface area contributed by atoms with Crippen molar-refractivity contribution < 1.29 is 13.2 Å². The predicted molar refractivity (Wildman–Crippen MR) is 107 cm³/mol. The van der Waals surface area contributed by atoms with E-state index in [1.54, 1.807) is 24.3 Å². The molecule has 0 bridgehead atoms. The molecule has 1 N–H and O–H groups in total. The largest absolute Gasteiger partial charge is 0.322 e. The SMILES string of the molecule is O=C(Nc1ccc(Cl)c(S(=O)(=O)N2CCCC2)c1)c1cc(Br)ccc1Cl. The van der Waals surface area contributed by atoms with Gasteiger partial charge in [-0.2, -0.15) is 4.31 Å². The van der Waals surface area contributed by atoms with Gasteiger partial charge in [0.2, 0.25) is 10.0 Å². The Hall–Kier alpha value is -1.12. The minimum absolute atomic E-state index is 0.0146. The lowest BCUT2D eigenvalue weighted by Crippen LogP contribution is -2.28. The highest BCUT2D eigenvalue weighted by Gasteiger charge is 2.29. The van der Waals surface area contributed by atoms with Crippen molar-refractivity contribution in [3.05, 3.63) is 56.5 Å². The minimum atomic E-state index is -3.69. The van der Waals surface area contributed by atoms with Crippen molar-refractivity contribution in [2.45, 2.75) is 17.7 Å². The lowest BCUT2D eigenvalue weighted by Gasteiger charge is -2.17. The van der Waals surface area contributed by atoms with E-state index in [-0.39, 0.29) is 15.5 Å². The first-order valence-electron chi connectivity index (χ1n) is 7.85. The van der Waals surface area contributed by atoms with Crippen molar-refractivity contribution in [2.24, 2.45) is 0 Å². The van der Waals surface area contributed by atoms with Crippen LogP contribution in [-0.2, 0) is 10.0 Å². The Kier molecular flexibility index (Phi) is 5.94. The third-order valence-electron chi connectivity index (χ3n) is 4.04. The molecule has 5 nitrogen and oxygen atoms in total. The zero-order valence-electron chi connectivity index (χ0n) is 13.5. The molecule has 9 heteroatoms. The van der Waals surface area contributed by atoms with Gasteiger partial charge in [-0.1, -0.05) is 39.1 Å². The summed E-state index contributed by atoms with van der Waals surface area (Å²) >= 11 is 15.5. The summed E-state index contributed by atoms with van der Waals surface area (Å²) < 4.78 is 27.6. The summed E-state index contributed by atoms with van der Waals surface area (Å²) in [5.74, 6) is -0.442. The first kappa shape index (κ1) is 19.6. The zero-order valence-corrected chi connectivity index (χ0v) is 17.4. The molecule has 138 valence electrons. The summed E-state index contributed by atoms with van der Waals surface area (Å²) in [6.07, 6.45) is 1.66. The van der Waals surface area contributed by atoms with Crippen molar-refractivity contribution in [3.63, 3.8) is 0 Å². The second-order valence-corrected chi connectivity index (χ2v) is 9.47. The average Bonchev–Trinajstić information content (AvgIpc) is 3.14. The predicted octanol–water partition coefficient (Wildman–Crippen LogP) is 4.79. The number of carbonyl (C=O) groups is 1. The number of sulfonamides is 1. The molecule has 0 aromatic heterocycles. The highest BCUT2D eigenvalue weighted by atomic mass is 79.9. The Bertz CT molecular complexity index is 960. The van der Waals surface area contributed by atoms with Crippen molar-refractivity contribution in [1.82, 2.24) is 4.31 Å². The summed E-state index contributed by atoms with van der Waals surface area (Å²) in [5, 5.41) is 3.09. The van der Waals surface area contributed by atoms with Gasteiger partial charge in [-0.15, -0.1) is 0 Å². The van der Waals surface area contributed by atoms with Crippen LogP contribution in [0.15, 0.2) is 45.8 Å². The Balaban J connectivity index is 1.90. The van der Waals surface area contributed by atoms with E-state index in [1.165, 1.54) is 16.4 Å². The molecule has 2 aromatic rings. The number of anilines is 1. The fourth-order valence-electron chi connectivity index (χ4n) is 2.72. The minimum Gasteiger partial charge on any atom is -0.322 e. The van der Waals surface area contributed by atoms with Crippen molar-refractivity contribution in [1.29, 1.82) is 0 Å². The van der Waals surface area contributed by atoms with Crippen molar-refractivity contribution >= 4 is 60.7 Å². The highest BCUT2D eigenvalue weighted by molar-refractivity contribution is 9.10. The second kappa shape index (κ2) is 7.86. The second-order valence-electron chi connectivity index (χ2n) is 5.83. The van der Waals surface area contributed by atoms with Gasteiger partial charge in [-0.25, -0.2) is 8.42 Å². The molecule has 0 atom stereocenters. The molecule has 1 aliphatic heterocycles. The smallest absolute Gasteiger partial charge is 0.257 e. The van der Waals surface area contributed by atoms with E-state index in [9.17, 15) is 13.2 Å². The Labute approximate surface area is 170 Å². The molecule has 0 spiro atoms. The van der Waals surface area contributed by atoms with Gasteiger partial charge >= 0.3 is 0 Å². The monoisotopic (exact) mass is 476 g/mol. The molecule has 1 fully saturated rings. The standard InChI is InChI=1S/C17H15BrCl2N2O3S/c18-11-3-5-14(19)13(9-11)17(23)21-12-4-6-15(20)16(10-12)26(24,25)22-7-1-2-8-22/h3-6,9-10H,1-2,7-8H2,(H,21,23). The van der Waals surface area contributed by atoms with Crippen LogP contribution in [-0.4, -0.2) is 31.7 Å². The first-order valence-corrected chi connectivity index (χ1v) is 10.8. The number of halogens is 3. The van der Waals surface area contributed by atoms with Crippen LogP contribution in [0.25, 0.3) is 0 Å². The van der Waals surface area contributed by atoms with Crippen LogP contribution in [0.4, 0.5) is 5.69 Å². The first-order chi connectivity index (χ1) is 12.3. The van der Waals surface area contributed by atoms with Gasteiger partial charge in [0.25, 0.3) is 5.91 Å². The number of rotatable bonds is 4. The van der Waals surface area contributed by atoms with Crippen LogP contribution in [0.1, 0.15) is 23.2 Å². The number of nitrogens with one attached hydrogen (secondary N) is 1. The van der Waals surface area contributed by atoms with Gasteiger partial charge in [-0.3, -0.25) is 4.79 Å². The lowest BCUT2D eigenvalue weighted by molar-refractivity contribution is 0.102. The molecular formula is C17H15BrCl2N2O3S. The molecular weight excluding hydrogens is 463 g/mol. The van der Waals surface area contributed by atoms with Gasteiger partial charge in [0, 0.05) is 23.2 Å². The molecule has 0 aliphatic carbocycles. The number of hydrogen-bond acceptors (Lipinski definition) is 3. The number of amides is 1. The van der Waals surface area contributed by atoms with Crippen LogP contribution in [0.5, 0.6) is 0 Å². The number of nitrogens with zero attached hydrogens (tertiary/aromatic N) is 1. The summed E-state index contributed by atoms with van der Waals surface area (Å²) in [4.78, 5) is 12.5. The third-order valence-corrected chi connectivity index (χ3v) is 7.25. The summed E-state index contributed by atoms with van der Waals surface area (Å²) in [5.41, 5.74) is 0.605. The molecule has 1 amide bonds. The lowest BCUT2D eigenvalue weighted by atomic mass is 10.2. The van der Waals surface area contributed by atoms with E-state index in [0.717, 1.165) is 12.8 Å². The normalized spacial score (nSPS) is 15.2.